The molecule has 1 amide bonds. The van der Waals surface area contributed by atoms with Crippen LogP contribution in [0.25, 0.3) is 33.1 Å². The van der Waals surface area contributed by atoms with Crippen molar-refractivity contribution in [3.63, 3.8) is 0 Å². The Balaban J connectivity index is 1.28. The van der Waals surface area contributed by atoms with Crippen LogP contribution in [-0.2, 0) is 11.2 Å². The van der Waals surface area contributed by atoms with Gasteiger partial charge >= 0.3 is 6.55 Å². The number of rotatable bonds is 7. The highest BCUT2D eigenvalue weighted by Gasteiger charge is 2.23. The lowest BCUT2D eigenvalue weighted by Gasteiger charge is -2.06. The predicted molar refractivity (Wildman–Crippen MR) is 123 cm³/mol. The van der Waals surface area contributed by atoms with Crippen molar-refractivity contribution in [1.29, 1.82) is 0 Å². The van der Waals surface area contributed by atoms with E-state index in [1.165, 1.54) is 24.3 Å². The van der Waals surface area contributed by atoms with Gasteiger partial charge < -0.3 is 9.84 Å². The van der Waals surface area contributed by atoms with Crippen molar-refractivity contribution in [1.82, 2.24) is 24.7 Å². The van der Waals surface area contributed by atoms with E-state index in [1.54, 1.807) is 31.2 Å². The SMILES string of the molecule is Cc1nc(NC(=O)CCc2nc(-c3ccc(F)cc3)no2)sc1-c1nc2ccccc2n1C(F)F. The molecule has 0 atom stereocenters. The first-order valence-corrected chi connectivity index (χ1v) is 11.3. The molecule has 2 aromatic carbocycles. The van der Waals surface area contributed by atoms with Crippen molar-refractivity contribution in [2.75, 3.05) is 5.32 Å². The summed E-state index contributed by atoms with van der Waals surface area (Å²) in [6.07, 6.45) is 0.215. The molecule has 8 nitrogen and oxygen atoms in total. The number of carbonyl (C=O) groups is 1. The van der Waals surface area contributed by atoms with Crippen LogP contribution in [0.5, 0.6) is 0 Å². The van der Waals surface area contributed by atoms with E-state index in [2.05, 4.69) is 25.4 Å². The van der Waals surface area contributed by atoms with Crippen LogP contribution in [0.2, 0.25) is 0 Å². The normalized spacial score (nSPS) is 11.5. The second kappa shape index (κ2) is 9.29. The topological polar surface area (TPSA) is 98.7 Å². The van der Waals surface area contributed by atoms with E-state index in [4.69, 9.17) is 4.52 Å². The van der Waals surface area contributed by atoms with Gasteiger partial charge in [-0.15, -0.1) is 0 Å². The minimum absolute atomic E-state index is 0.0363. The molecule has 5 rings (SSSR count). The fourth-order valence-corrected chi connectivity index (χ4v) is 4.50. The lowest BCUT2D eigenvalue weighted by atomic mass is 10.2. The second-order valence-corrected chi connectivity index (χ2v) is 8.57. The summed E-state index contributed by atoms with van der Waals surface area (Å²) in [7, 11) is 0. The molecule has 0 aliphatic heterocycles. The lowest BCUT2D eigenvalue weighted by Crippen LogP contribution is -2.12. The zero-order valence-electron chi connectivity index (χ0n) is 18.2. The van der Waals surface area contributed by atoms with Crippen molar-refractivity contribution in [2.24, 2.45) is 0 Å². The summed E-state index contributed by atoms with van der Waals surface area (Å²) in [6, 6.07) is 12.3. The fraction of sp³-hybridized carbons (Fsp3) is 0.174. The summed E-state index contributed by atoms with van der Waals surface area (Å²) >= 11 is 1.07. The Bertz CT molecular complexity index is 1510. The Kier molecular flexibility index (Phi) is 6.03. The molecule has 0 unspecified atom stereocenters. The first-order valence-electron chi connectivity index (χ1n) is 10.5. The molecule has 0 bridgehead atoms. The van der Waals surface area contributed by atoms with Crippen LogP contribution >= 0.6 is 11.3 Å². The number of para-hydroxylation sites is 2. The predicted octanol–water partition coefficient (Wildman–Crippen LogP) is 5.62. The highest BCUT2D eigenvalue weighted by molar-refractivity contribution is 7.19. The van der Waals surface area contributed by atoms with E-state index < -0.39 is 6.55 Å². The van der Waals surface area contributed by atoms with Crippen molar-refractivity contribution in [3.05, 3.63) is 65.9 Å². The average Bonchev–Trinajstić information content (AvgIpc) is 3.54. The van der Waals surface area contributed by atoms with Crippen LogP contribution in [0, 0.1) is 12.7 Å². The number of halogens is 3. The number of fused-ring (bicyclic) bond motifs is 1. The maximum absolute atomic E-state index is 13.8. The van der Waals surface area contributed by atoms with Crippen LogP contribution in [0.15, 0.2) is 53.1 Å². The number of nitrogens with zero attached hydrogens (tertiary/aromatic N) is 5. The maximum atomic E-state index is 13.8. The molecule has 0 spiro atoms. The molecule has 35 heavy (non-hydrogen) atoms. The van der Waals surface area contributed by atoms with Crippen LogP contribution < -0.4 is 5.32 Å². The summed E-state index contributed by atoms with van der Waals surface area (Å²) < 4.78 is 46.7. The largest absolute Gasteiger partial charge is 0.339 e. The van der Waals surface area contributed by atoms with Gasteiger partial charge in [0.05, 0.1) is 21.6 Å². The molecule has 0 aliphatic carbocycles. The molecule has 0 fully saturated rings. The second-order valence-electron chi connectivity index (χ2n) is 7.57. The molecular weight excluding hydrogens is 481 g/mol. The number of alkyl halides is 2. The summed E-state index contributed by atoms with van der Waals surface area (Å²) in [4.78, 5) is 25.8. The van der Waals surface area contributed by atoms with Gasteiger partial charge in [0.2, 0.25) is 17.6 Å². The summed E-state index contributed by atoms with van der Waals surface area (Å²) in [5, 5.41) is 6.80. The van der Waals surface area contributed by atoms with Gasteiger partial charge in [-0.05, 0) is 43.3 Å². The van der Waals surface area contributed by atoms with Crippen LogP contribution in [0.3, 0.4) is 0 Å². The molecule has 3 heterocycles. The number of carbonyl (C=O) groups excluding carboxylic acids is 1. The Labute approximate surface area is 200 Å². The van der Waals surface area contributed by atoms with Crippen molar-refractivity contribution >= 4 is 33.4 Å². The van der Waals surface area contributed by atoms with Gasteiger partial charge in [-0.2, -0.15) is 13.8 Å². The van der Waals surface area contributed by atoms with Gasteiger partial charge in [0.25, 0.3) is 0 Å². The minimum atomic E-state index is -2.79. The van der Waals surface area contributed by atoms with Crippen molar-refractivity contribution < 1.29 is 22.5 Å². The van der Waals surface area contributed by atoms with E-state index in [0.29, 0.717) is 33.0 Å². The molecule has 1 N–H and O–H groups in total. The third-order valence-electron chi connectivity index (χ3n) is 5.17. The highest BCUT2D eigenvalue weighted by atomic mass is 32.1. The number of hydrogen-bond donors (Lipinski definition) is 1. The number of aromatic nitrogens is 5. The molecular formula is C23H17F3N6O2S. The number of imidazole rings is 1. The Hall–Kier alpha value is -4.06. The first-order chi connectivity index (χ1) is 16.9. The monoisotopic (exact) mass is 498 g/mol. The summed E-state index contributed by atoms with van der Waals surface area (Å²) in [5.74, 6) is -0.0881. The summed E-state index contributed by atoms with van der Waals surface area (Å²) in [5.41, 5.74) is 1.83. The minimum Gasteiger partial charge on any atom is -0.339 e. The van der Waals surface area contributed by atoms with Crippen LogP contribution in [0.1, 0.15) is 24.6 Å². The molecule has 12 heteroatoms. The quantitative estimate of drug-likeness (QED) is 0.313. The number of hydrogen-bond acceptors (Lipinski definition) is 7. The van der Waals surface area contributed by atoms with Gasteiger partial charge in [0, 0.05) is 18.4 Å². The molecule has 178 valence electrons. The van der Waals surface area contributed by atoms with Crippen molar-refractivity contribution in [2.45, 2.75) is 26.3 Å². The van der Waals surface area contributed by atoms with Gasteiger partial charge in [-0.1, -0.05) is 28.6 Å². The Morgan fingerprint density at radius 2 is 1.89 bits per heavy atom. The number of thiazole rings is 1. The fourth-order valence-electron chi connectivity index (χ4n) is 3.53. The van der Waals surface area contributed by atoms with Gasteiger partial charge in [-0.3, -0.25) is 9.36 Å². The van der Waals surface area contributed by atoms with Gasteiger partial charge in [-0.25, -0.2) is 14.4 Å². The van der Waals surface area contributed by atoms with E-state index >= 15 is 0 Å². The summed E-state index contributed by atoms with van der Waals surface area (Å²) in [6.45, 7) is -1.11. The molecule has 0 saturated heterocycles. The van der Waals surface area contributed by atoms with Crippen LogP contribution in [-0.4, -0.2) is 30.6 Å². The van der Waals surface area contributed by atoms with Crippen molar-refractivity contribution in [3.8, 4) is 22.1 Å². The first kappa shape index (κ1) is 22.7. The third kappa shape index (κ3) is 4.64. The number of aryl methyl sites for hydroxylation is 2. The Morgan fingerprint density at radius 3 is 2.66 bits per heavy atom. The lowest BCUT2D eigenvalue weighted by molar-refractivity contribution is -0.116. The molecule has 0 radical (unpaired) electrons. The maximum Gasteiger partial charge on any atom is 0.320 e. The Morgan fingerprint density at radius 1 is 1.11 bits per heavy atom. The molecule has 0 saturated carbocycles. The standard InChI is InChI=1S/C23H17F3N6O2S/c1-12-19(21-28-15-4-2-3-5-16(15)32(21)22(25)26)35-23(27-12)29-17(33)10-11-18-30-20(31-34-18)13-6-8-14(24)9-7-13/h2-9,22H,10-11H2,1H3,(H,27,29,33). The zero-order chi connectivity index (χ0) is 24.5. The molecule has 5 aromatic rings. The van der Waals surface area contributed by atoms with E-state index in [1.807, 2.05) is 0 Å². The molecule has 3 aromatic heterocycles. The average molecular weight is 498 g/mol. The van der Waals surface area contributed by atoms with Gasteiger partial charge in [0.1, 0.15) is 5.82 Å². The number of benzene rings is 2. The smallest absolute Gasteiger partial charge is 0.320 e. The number of nitrogens with one attached hydrogen (secondary N) is 1. The number of anilines is 1. The van der Waals surface area contributed by atoms with Gasteiger partial charge in [0.15, 0.2) is 11.0 Å². The molecule has 0 aliphatic rings. The highest BCUT2D eigenvalue weighted by Crippen LogP contribution is 2.36. The van der Waals surface area contributed by atoms with E-state index in [-0.39, 0.29) is 41.4 Å². The van der Waals surface area contributed by atoms with E-state index in [9.17, 15) is 18.0 Å². The number of amides is 1. The third-order valence-corrected chi connectivity index (χ3v) is 6.24. The van der Waals surface area contributed by atoms with E-state index in [0.717, 1.165) is 15.9 Å². The zero-order valence-corrected chi connectivity index (χ0v) is 19.0. The van der Waals surface area contributed by atoms with Crippen LogP contribution in [0.4, 0.5) is 18.3 Å².